The Morgan fingerprint density at radius 3 is 2.35 bits per heavy atom. The zero-order valence-electron chi connectivity index (χ0n) is 13.3. The summed E-state index contributed by atoms with van der Waals surface area (Å²) in [5.41, 5.74) is 1.29. The van der Waals surface area contributed by atoms with Crippen LogP contribution in [0.2, 0.25) is 0 Å². The van der Waals surface area contributed by atoms with E-state index >= 15 is 0 Å². The van der Waals surface area contributed by atoms with Crippen LogP contribution in [0.1, 0.15) is 63.5 Å². The number of hydrogen-bond acceptors (Lipinski definition) is 3. The van der Waals surface area contributed by atoms with Crippen molar-refractivity contribution in [3.8, 4) is 0 Å². The van der Waals surface area contributed by atoms with Crippen LogP contribution in [0, 0.1) is 11.3 Å². The van der Waals surface area contributed by atoms with Crippen LogP contribution in [0.3, 0.4) is 0 Å². The summed E-state index contributed by atoms with van der Waals surface area (Å²) < 4.78 is 0. The largest absolute Gasteiger partial charge is 0.478 e. The van der Waals surface area contributed by atoms with Crippen LogP contribution < -0.4 is 5.32 Å². The summed E-state index contributed by atoms with van der Waals surface area (Å²) in [6, 6.07) is 3.25. The fraction of sp³-hybridized carbons (Fsp3) is 0.625. The summed E-state index contributed by atoms with van der Waals surface area (Å²) in [7, 11) is 0. The number of carbonyl (C=O) groups is 1. The molecule has 112 valence electrons. The van der Waals surface area contributed by atoms with Crippen molar-refractivity contribution in [2.45, 2.75) is 47.5 Å². The van der Waals surface area contributed by atoms with Gasteiger partial charge in [-0.2, -0.15) is 0 Å². The van der Waals surface area contributed by atoms with Gasteiger partial charge in [0.15, 0.2) is 0 Å². The van der Waals surface area contributed by atoms with Crippen molar-refractivity contribution in [2.24, 2.45) is 11.3 Å². The van der Waals surface area contributed by atoms with E-state index in [-0.39, 0.29) is 16.9 Å². The first-order valence-corrected chi connectivity index (χ1v) is 7.10. The fourth-order valence-electron chi connectivity index (χ4n) is 1.63. The number of nitrogens with one attached hydrogen (secondary N) is 1. The average molecular weight is 278 g/mol. The zero-order valence-corrected chi connectivity index (χ0v) is 13.3. The number of aromatic nitrogens is 1. The summed E-state index contributed by atoms with van der Waals surface area (Å²) in [5.74, 6) is 0.390. The molecule has 4 nitrogen and oxygen atoms in total. The molecule has 0 fully saturated rings. The van der Waals surface area contributed by atoms with Crippen LogP contribution in [0.15, 0.2) is 12.1 Å². The first-order valence-electron chi connectivity index (χ1n) is 7.10. The van der Waals surface area contributed by atoms with E-state index in [0.717, 1.165) is 12.2 Å². The number of rotatable bonds is 5. The highest BCUT2D eigenvalue weighted by Crippen LogP contribution is 2.26. The minimum atomic E-state index is -0.916. The van der Waals surface area contributed by atoms with Gasteiger partial charge in [0.2, 0.25) is 0 Å². The highest BCUT2D eigenvalue weighted by molar-refractivity contribution is 5.88. The number of carboxylic acid groups (broad SMARTS) is 1. The van der Waals surface area contributed by atoms with Gasteiger partial charge in [0.25, 0.3) is 0 Å². The summed E-state index contributed by atoms with van der Waals surface area (Å²) in [5, 5.41) is 12.4. The maximum atomic E-state index is 11.2. The number of anilines is 1. The number of nitrogens with zero attached hydrogens (tertiary/aromatic N) is 1. The summed E-state index contributed by atoms with van der Waals surface area (Å²) in [6.07, 6.45) is 0. The number of carboxylic acids is 1. The third-order valence-corrected chi connectivity index (χ3v) is 3.75. The van der Waals surface area contributed by atoms with Gasteiger partial charge in [-0.1, -0.05) is 41.5 Å². The lowest BCUT2D eigenvalue weighted by Gasteiger charge is -2.27. The molecule has 1 aromatic rings. The van der Waals surface area contributed by atoms with Gasteiger partial charge in [0, 0.05) is 12.2 Å². The first-order chi connectivity index (χ1) is 9.11. The molecule has 1 heterocycles. The Labute approximate surface area is 121 Å². The molecule has 1 aromatic heterocycles. The Balaban J connectivity index is 2.92. The third kappa shape index (κ3) is 4.51. The standard InChI is InChI=1S/C16H26N2O2/c1-10(2)13-7-12(15(19)20)8-14(18-13)17-9-11(3)16(4,5)6/h7-8,10-11H,9H2,1-6H3,(H,17,18)(H,19,20). The van der Waals surface area contributed by atoms with Crippen molar-refractivity contribution in [3.63, 3.8) is 0 Å². The van der Waals surface area contributed by atoms with Gasteiger partial charge in [-0.25, -0.2) is 9.78 Å². The highest BCUT2D eigenvalue weighted by atomic mass is 16.4. The molecule has 0 bridgehead atoms. The van der Waals surface area contributed by atoms with E-state index in [1.807, 2.05) is 13.8 Å². The summed E-state index contributed by atoms with van der Waals surface area (Å²) in [6.45, 7) is 13.6. The molecule has 4 heteroatoms. The van der Waals surface area contributed by atoms with Gasteiger partial charge < -0.3 is 10.4 Å². The van der Waals surface area contributed by atoms with E-state index in [2.05, 4.69) is 38.0 Å². The van der Waals surface area contributed by atoms with Gasteiger partial charge in [-0.15, -0.1) is 0 Å². The topological polar surface area (TPSA) is 62.2 Å². The molecule has 0 amide bonds. The van der Waals surface area contributed by atoms with E-state index in [1.54, 1.807) is 12.1 Å². The van der Waals surface area contributed by atoms with E-state index in [0.29, 0.717) is 11.7 Å². The van der Waals surface area contributed by atoms with Crippen molar-refractivity contribution in [3.05, 3.63) is 23.4 Å². The molecule has 0 aliphatic rings. The van der Waals surface area contributed by atoms with E-state index < -0.39 is 5.97 Å². The van der Waals surface area contributed by atoms with Gasteiger partial charge >= 0.3 is 5.97 Å². The minimum Gasteiger partial charge on any atom is -0.478 e. The third-order valence-electron chi connectivity index (χ3n) is 3.75. The molecule has 0 aliphatic heterocycles. The Hall–Kier alpha value is -1.58. The molecule has 0 saturated carbocycles. The Kier molecular flexibility index (Phi) is 5.15. The van der Waals surface area contributed by atoms with Crippen LogP contribution in [0.4, 0.5) is 5.82 Å². The van der Waals surface area contributed by atoms with Gasteiger partial charge in [0.05, 0.1) is 5.56 Å². The second-order valence-electron chi connectivity index (χ2n) is 6.77. The minimum absolute atomic E-state index is 0.204. The molecule has 2 N–H and O–H groups in total. The van der Waals surface area contributed by atoms with E-state index in [1.165, 1.54) is 0 Å². The van der Waals surface area contributed by atoms with Crippen molar-refractivity contribution in [1.82, 2.24) is 4.98 Å². The van der Waals surface area contributed by atoms with Crippen LogP contribution in [-0.4, -0.2) is 22.6 Å². The lowest BCUT2D eigenvalue weighted by atomic mass is 9.82. The number of pyridine rings is 1. The molecule has 1 unspecified atom stereocenters. The molecular formula is C16H26N2O2. The molecule has 0 aliphatic carbocycles. The van der Waals surface area contributed by atoms with E-state index in [4.69, 9.17) is 5.11 Å². The SMILES string of the molecule is CC(C)c1cc(C(=O)O)cc(NCC(C)C(C)(C)C)n1. The maximum absolute atomic E-state index is 11.2. The van der Waals surface area contributed by atoms with Crippen LogP contribution in [0.5, 0.6) is 0 Å². The lowest BCUT2D eigenvalue weighted by Crippen LogP contribution is -2.25. The molecule has 1 rings (SSSR count). The van der Waals surface area contributed by atoms with Crippen LogP contribution >= 0.6 is 0 Å². The lowest BCUT2D eigenvalue weighted by molar-refractivity contribution is 0.0696. The van der Waals surface area contributed by atoms with Crippen LogP contribution in [0.25, 0.3) is 0 Å². The highest BCUT2D eigenvalue weighted by Gasteiger charge is 2.20. The predicted octanol–water partition coefficient (Wildman–Crippen LogP) is 4.00. The monoisotopic (exact) mass is 278 g/mol. The predicted molar refractivity (Wildman–Crippen MR) is 82.4 cm³/mol. The number of hydrogen-bond donors (Lipinski definition) is 2. The summed E-state index contributed by atoms with van der Waals surface area (Å²) >= 11 is 0. The molecule has 0 aromatic carbocycles. The normalized spacial score (nSPS) is 13.3. The molecule has 0 saturated heterocycles. The fourth-order valence-corrected chi connectivity index (χ4v) is 1.63. The molecular weight excluding hydrogens is 252 g/mol. The smallest absolute Gasteiger partial charge is 0.335 e. The zero-order chi connectivity index (χ0) is 15.5. The summed E-state index contributed by atoms with van der Waals surface area (Å²) in [4.78, 5) is 15.7. The number of aromatic carboxylic acids is 1. The Morgan fingerprint density at radius 1 is 1.30 bits per heavy atom. The van der Waals surface area contributed by atoms with Crippen molar-refractivity contribution in [2.75, 3.05) is 11.9 Å². The maximum Gasteiger partial charge on any atom is 0.335 e. The quantitative estimate of drug-likeness (QED) is 0.854. The Bertz CT molecular complexity index is 476. The van der Waals surface area contributed by atoms with Crippen molar-refractivity contribution < 1.29 is 9.90 Å². The van der Waals surface area contributed by atoms with E-state index in [9.17, 15) is 4.79 Å². The average Bonchev–Trinajstić information content (AvgIpc) is 2.34. The van der Waals surface area contributed by atoms with Gasteiger partial charge in [-0.05, 0) is 29.4 Å². The second-order valence-corrected chi connectivity index (χ2v) is 6.77. The molecule has 0 radical (unpaired) electrons. The van der Waals surface area contributed by atoms with Crippen molar-refractivity contribution in [1.29, 1.82) is 0 Å². The molecule has 1 atom stereocenters. The van der Waals surface area contributed by atoms with Gasteiger partial charge in [0.1, 0.15) is 5.82 Å². The second kappa shape index (κ2) is 6.25. The van der Waals surface area contributed by atoms with Gasteiger partial charge in [-0.3, -0.25) is 0 Å². The van der Waals surface area contributed by atoms with Crippen molar-refractivity contribution >= 4 is 11.8 Å². The molecule has 0 spiro atoms. The first kappa shape index (κ1) is 16.5. The van der Waals surface area contributed by atoms with Crippen LogP contribution in [-0.2, 0) is 0 Å². The molecule has 20 heavy (non-hydrogen) atoms. The Morgan fingerprint density at radius 2 is 1.90 bits per heavy atom.